The molecule has 1 unspecified atom stereocenters. The summed E-state index contributed by atoms with van der Waals surface area (Å²) < 4.78 is 5.00. The van der Waals surface area contributed by atoms with Gasteiger partial charge in [-0.15, -0.1) is 0 Å². The number of nitro benzene ring substituents is 1. The summed E-state index contributed by atoms with van der Waals surface area (Å²) in [6, 6.07) is 5.26. The maximum absolute atomic E-state index is 12.0. The van der Waals surface area contributed by atoms with Gasteiger partial charge in [-0.1, -0.05) is 18.9 Å². The summed E-state index contributed by atoms with van der Waals surface area (Å²) in [7, 11) is 0. The molecule has 1 fully saturated rings. The van der Waals surface area contributed by atoms with E-state index in [0.29, 0.717) is 0 Å². The molecule has 9 heteroatoms. The third-order valence-corrected chi connectivity index (χ3v) is 4.09. The summed E-state index contributed by atoms with van der Waals surface area (Å²) in [4.78, 5) is 45.8. The molecule has 1 aromatic rings. The number of rotatable bonds is 7. The molecule has 9 nitrogen and oxygen atoms in total. The predicted molar refractivity (Wildman–Crippen MR) is 91.4 cm³/mol. The van der Waals surface area contributed by atoms with E-state index >= 15 is 0 Å². The van der Waals surface area contributed by atoms with E-state index in [1.54, 1.807) is 0 Å². The Hall–Kier alpha value is -2.97. The van der Waals surface area contributed by atoms with Crippen LogP contribution in [0.3, 0.4) is 0 Å². The van der Waals surface area contributed by atoms with Crippen molar-refractivity contribution in [3.05, 3.63) is 39.9 Å². The van der Waals surface area contributed by atoms with E-state index in [9.17, 15) is 24.5 Å². The number of benzene rings is 1. The normalized spacial score (nSPS) is 15.1. The Morgan fingerprint density at radius 1 is 1.31 bits per heavy atom. The van der Waals surface area contributed by atoms with Gasteiger partial charge in [0, 0.05) is 23.7 Å². The summed E-state index contributed by atoms with van der Waals surface area (Å²) in [5, 5.41) is 15.9. The first kappa shape index (κ1) is 19.4. The Kier molecular flexibility index (Phi) is 6.65. The largest absolute Gasteiger partial charge is 0.451 e. The minimum Gasteiger partial charge on any atom is -0.451 e. The highest BCUT2D eigenvalue weighted by molar-refractivity contribution is 5.96. The third kappa shape index (κ3) is 5.54. The first-order valence-corrected chi connectivity index (χ1v) is 8.39. The number of esters is 1. The molecule has 1 aliphatic carbocycles. The van der Waals surface area contributed by atoms with Crippen LogP contribution in [0.1, 0.15) is 43.0 Å². The number of nitro groups is 1. The number of carbonyl (C=O) groups excluding carboxylic acids is 3. The summed E-state index contributed by atoms with van der Waals surface area (Å²) in [6.07, 6.45) is 3.03. The first-order valence-electron chi connectivity index (χ1n) is 8.39. The number of non-ortho nitro benzene ring substituents is 1. The average Bonchev–Trinajstić information content (AvgIpc) is 3.12. The second kappa shape index (κ2) is 8.93. The van der Waals surface area contributed by atoms with Crippen LogP contribution in [-0.4, -0.2) is 41.4 Å². The van der Waals surface area contributed by atoms with Crippen LogP contribution >= 0.6 is 0 Å². The van der Waals surface area contributed by atoms with E-state index < -0.39 is 29.4 Å². The monoisotopic (exact) mass is 363 g/mol. The fourth-order valence-corrected chi connectivity index (χ4v) is 2.70. The van der Waals surface area contributed by atoms with Crippen molar-refractivity contribution in [2.75, 3.05) is 6.54 Å². The Morgan fingerprint density at radius 2 is 2.00 bits per heavy atom. The highest BCUT2D eigenvalue weighted by Gasteiger charge is 2.23. The van der Waals surface area contributed by atoms with E-state index in [2.05, 4.69) is 10.6 Å². The number of hydrogen-bond acceptors (Lipinski definition) is 6. The van der Waals surface area contributed by atoms with Crippen LogP contribution in [0.25, 0.3) is 0 Å². The van der Waals surface area contributed by atoms with E-state index in [-0.39, 0.29) is 23.2 Å². The lowest BCUT2D eigenvalue weighted by Crippen LogP contribution is -2.42. The quantitative estimate of drug-likeness (QED) is 0.427. The Bertz CT molecular complexity index is 699. The molecule has 2 rings (SSSR count). The van der Waals surface area contributed by atoms with Crippen LogP contribution in [0, 0.1) is 10.1 Å². The fraction of sp³-hybridized carbons (Fsp3) is 0.471. The summed E-state index contributed by atoms with van der Waals surface area (Å²) >= 11 is 0. The standard InChI is InChI=1S/C17H21N3O6/c1-11(16(22)19-13-6-2-3-7-13)26-15(21)10-18-17(23)12-5-4-8-14(9-12)20(24)25/h4-5,8-9,11,13H,2-3,6-7,10H2,1H3,(H,18,23)(H,19,22). The Morgan fingerprint density at radius 3 is 2.65 bits per heavy atom. The molecule has 1 saturated carbocycles. The average molecular weight is 363 g/mol. The van der Waals surface area contributed by atoms with Crippen molar-refractivity contribution in [1.29, 1.82) is 0 Å². The van der Waals surface area contributed by atoms with Crippen molar-refractivity contribution < 1.29 is 24.0 Å². The van der Waals surface area contributed by atoms with Crippen molar-refractivity contribution in [2.45, 2.75) is 44.8 Å². The van der Waals surface area contributed by atoms with Crippen molar-refractivity contribution >= 4 is 23.5 Å². The van der Waals surface area contributed by atoms with Gasteiger partial charge in [0.1, 0.15) is 6.54 Å². The second-order valence-corrected chi connectivity index (χ2v) is 6.11. The SMILES string of the molecule is CC(OC(=O)CNC(=O)c1cccc([N+](=O)[O-])c1)C(=O)NC1CCCC1. The first-order chi connectivity index (χ1) is 12.4. The van der Waals surface area contributed by atoms with Crippen molar-refractivity contribution in [2.24, 2.45) is 0 Å². The lowest BCUT2D eigenvalue weighted by atomic mass is 10.2. The van der Waals surface area contributed by atoms with Gasteiger partial charge in [0.05, 0.1) is 4.92 Å². The van der Waals surface area contributed by atoms with Gasteiger partial charge >= 0.3 is 5.97 Å². The number of carbonyl (C=O) groups is 3. The molecule has 0 bridgehead atoms. The molecule has 26 heavy (non-hydrogen) atoms. The van der Waals surface area contributed by atoms with Gasteiger partial charge in [0.25, 0.3) is 17.5 Å². The summed E-state index contributed by atoms with van der Waals surface area (Å²) in [5.74, 6) is -1.78. The fourth-order valence-electron chi connectivity index (χ4n) is 2.70. The second-order valence-electron chi connectivity index (χ2n) is 6.11. The van der Waals surface area contributed by atoms with Gasteiger partial charge in [0.15, 0.2) is 6.10 Å². The number of amides is 2. The molecule has 0 aromatic heterocycles. The molecular weight excluding hydrogens is 342 g/mol. The Labute approximate surface area is 150 Å². The van der Waals surface area contributed by atoms with Gasteiger partial charge in [-0.2, -0.15) is 0 Å². The number of hydrogen-bond donors (Lipinski definition) is 2. The van der Waals surface area contributed by atoms with Crippen LogP contribution < -0.4 is 10.6 Å². The zero-order valence-electron chi connectivity index (χ0n) is 14.4. The van der Waals surface area contributed by atoms with Crippen LogP contribution in [0.15, 0.2) is 24.3 Å². The van der Waals surface area contributed by atoms with Crippen LogP contribution in [0.2, 0.25) is 0 Å². The van der Waals surface area contributed by atoms with Gasteiger partial charge in [-0.3, -0.25) is 24.5 Å². The van der Waals surface area contributed by atoms with E-state index in [1.807, 2.05) is 0 Å². The summed E-state index contributed by atoms with van der Waals surface area (Å²) in [6.45, 7) is 1.02. The predicted octanol–water partition coefficient (Wildman–Crippen LogP) is 1.32. The highest BCUT2D eigenvalue weighted by atomic mass is 16.6. The maximum atomic E-state index is 12.0. The van der Waals surface area contributed by atoms with Crippen molar-refractivity contribution in [1.82, 2.24) is 10.6 Å². The molecule has 0 radical (unpaired) electrons. The zero-order chi connectivity index (χ0) is 19.1. The van der Waals surface area contributed by atoms with Crippen molar-refractivity contribution in [3.8, 4) is 0 Å². The molecule has 0 spiro atoms. The molecule has 1 aliphatic rings. The van der Waals surface area contributed by atoms with Gasteiger partial charge < -0.3 is 15.4 Å². The zero-order valence-corrected chi connectivity index (χ0v) is 14.4. The lowest BCUT2D eigenvalue weighted by Gasteiger charge is -2.17. The molecule has 2 amide bonds. The minimum atomic E-state index is -0.960. The number of ether oxygens (including phenoxy) is 1. The number of nitrogens with zero attached hydrogens (tertiary/aromatic N) is 1. The van der Waals surface area contributed by atoms with E-state index in [4.69, 9.17) is 4.74 Å². The molecule has 1 aromatic carbocycles. The molecule has 0 aliphatic heterocycles. The molecule has 2 N–H and O–H groups in total. The lowest BCUT2D eigenvalue weighted by molar-refractivity contribution is -0.384. The van der Waals surface area contributed by atoms with Gasteiger partial charge in [-0.05, 0) is 25.8 Å². The van der Waals surface area contributed by atoms with E-state index in [0.717, 1.165) is 31.7 Å². The number of nitrogens with one attached hydrogen (secondary N) is 2. The molecule has 0 saturated heterocycles. The van der Waals surface area contributed by atoms with Crippen molar-refractivity contribution in [3.63, 3.8) is 0 Å². The molecular formula is C17H21N3O6. The summed E-state index contributed by atoms with van der Waals surface area (Å²) in [5.41, 5.74) is -0.170. The van der Waals surface area contributed by atoms with Crippen LogP contribution in [0.5, 0.6) is 0 Å². The molecule has 0 heterocycles. The molecule has 1 atom stereocenters. The maximum Gasteiger partial charge on any atom is 0.326 e. The van der Waals surface area contributed by atoms with Crippen LogP contribution in [-0.2, 0) is 14.3 Å². The Balaban J connectivity index is 1.78. The smallest absolute Gasteiger partial charge is 0.326 e. The van der Waals surface area contributed by atoms with Crippen LogP contribution in [0.4, 0.5) is 5.69 Å². The minimum absolute atomic E-state index is 0.0547. The highest BCUT2D eigenvalue weighted by Crippen LogP contribution is 2.17. The molecule has 140 valence electrons. The third-order valence-electron chi connectivity index (χ3n) is 4.09. The van der Waals surface area contributed by atoms with Gasteiger partial charge in [0.2, 0.25) is 0 Å². The topological polar surface area (TPSA) is 128 Å². The van der Waals surface area contributed by atoms with Gasteiger partial charge in [-0.25, -0.2) is 0 Å². The van der Waals surface area contributed by atoms with E-state index in [1.165, 1.54) is 25.1 Å².